The van der Waals surface area contributed by atoms with Crippen molar-refractivity contribution in [1.82, 2.24) is 4.90 Å². The van der Waals surface area contributed by atoms with Gasteiger partial charge in [0.2, 0.25) is 0 Å². The first kappa shape index (κ1) is 13.5. The van der Waals surface area contributed by atoms with Crippen LogP contribution < -0.4 is 5.73 Å². The van der Waals surface area contributed by atoms with Crippen LogP contribution in [0.4, 0.5) is 0 Å². The highest BCUT2D eigenvalue weighted by atomic mass is 35.5. The lowest BCUT2D eigenvalue weighted by Gasteiger charge is -2.17. The van der Waals surface area contributed by atoms with E-state index in [1.807, 2.05) is 6.07 Å². The first-order chi connectivity index (χ1) is 7.67. The molecule has 0 saturated carbocycles. The normalized spacial score (nSPS) is 11.1. The fraction of sp³-hybridized carbons (Fsp3) is 0.538. The van der Waals surface area contributed by atoms with Gasteiger partial charge < -0.3 is 10.6 Å². The molecule has 16 heavy (non-hydrogen) atoms. The summed E-state index contributed by atoms with van der Waals surface area (Å²) in [4.78, 5) is 2.30. The van der Waals surface area contributed by atoms with Gasteiger partial charge in [-0.2, -0.15) is 0 Å². The van der Waals surface area contributed by atoms with Crippen LogP contribution in [0, 0.1) is 0 Å². The summed E-state index contributed by atoms with van der Waals surface area (Å²) in [6.45, 7) is 4.78. The molecule has 0 spiro atoms. The van der Waals surface area contributed by atoms with Crippen molar-refractivity contribution in [3.63, 3.8) is 0 Å². The van der Waals surface area contributed by atoms with Gasteiger partial charge in [-0.3, -0.25) is 0 Å². The standard InChI is InChI=1S/C13H21ClN2/c1-3-4-7-16(2)10-12-6-5-11(9-15)8-13(12)14/h5-6,8H,3-4,7,9-10,15H2,1-2H3. The highest BCUT2D eigenvalue weighted by Crippen LogP contribution is 2.19. The van der Waals surface area contributed by atoms with Crippen LogP contribution in [0.1, 0.15) is 30.9 Å². The number of nitrogens with zero attached hydrogens (tertiary/aromatic N) is 1. The van der Waals surface area contributed by atoms with E-state index in [2.05, 4.69) is 31.0 Å². The first-order valence-electron chi connectivity index (χ1n) is 5.83. The minimum absolute atomic E-state index is 0.547. The summed E-state index contributed by atoms with van der Waals surface area (Å²) in [6, 6.07) is 6.09. The summed E-state index contributed by atoms with van der Waals surface area (Å²) in [5.41, 5.74) is 7.83. The molecule has 0 atom stereocenters. The van der Waals surface area contributed by atoms with E-state index in [1.54, 1.807) is 0 Å². The van der Waals surface area contributed by atoms with Gasteiger partial charge in [-0.25, -0.2) is 0 Å². The third kappa shape index (κ3) is 4.12. The van der Waals surface area contributed by atoms with Crippen molar-refractivity contribution in [3.05, 3.63) is 34.3 Å². The van der Waals surface area contributed by atoms with Crippen LogP contribution in [-0.2, 0) is 13.1 Å². The van der Waals surface area contributed by atoms with Crippen LogP contribution in [0.15, 0.2) is 18.2 Å². The summed E-state index contributed by atoms with van der Waals surface area (Å²) in [5, 5.41) is 0.825. The molecule has 0 aromatic heterocycles. The van der Waals surface area contributed by atoms with E-state index in [0.29, 0.717) is 6.54 Å². The van der Waals surface area contributed by atoms with E-state index >= 15 is 0 Å². The largest absolute Gasteiger partial charge is 0.326 e. The summed E-state index contributed by atoms with van der Waals surface area (Å²) in [5.74, 6) is 0. The minimum atomic E-state index is 0.547. The molecule has 90 valence electrons. The third-order valence-corrected chi connectivity index (χ3v) is 3.04. The topological polar surface area (TPSA) is 29.3 Å². The molecule has 1 aromatic carbocycles. The Labute approximate surface area is 103 Å². The van der Waals surface area contributed by atoms with E-state index < -0.39 is 0 Å². The van der Waals surface area contributed by atoms with Gasteiger partial charge in [-0.05, 0) is 37.2 Å². The number of benzene rings is 1. The van der Waals surface area contributed by atoms with Gasteiger partial charge in [-0.15, -0.1) is 0 Å². The molecule has 3 heteroatoms. The van der Waals surface area contributed by atoms with Gasteiger partial charge >= 0.3 is 0 Å². The molecule has 0 aliphatic carbocycles. The zero-order valence-electron chi connectivity index (χ0n) is 10.2. The van der Waals surface area contributed by atoms with Crippen molar-refractivity contribution in [2.75, 3.05) is 13.6 Å². The molecule has 2 nitrogen and oxygen atoms in total. The van der Waals surface area contributed by atoms with E-state index in [1.165, 1.54) is 18.4 Å². The van der Waals surface area contributed by atoms with E-state index in [9.17, 15) is 0 Å². The maximum Gasteiger partial charge on any atom is 0.0454 e. The maximum atomic E-state index is 6.20. The van der Waals surface area contributed by atoms with Crippen LogP contribution in [0.5, 0.6) is 0 Å². The molecule has 0 saturated heterocycles. The fourth-order valence-electron chi connectivity index (χ4n) is 1.64. The number of halogens is 1. The number of hydrogen-bond donors (Lipinski definition) is 1. The van der Waals surface area contributed by atoms with Crippen molar-refractivity contribution in [1.29, 1.82) is 0 Å². The molecule has 0 unspecified atom stereocenters. The average Bonchev–Trinajstić information content (AvgIpc) is 2.29. The maximum absolute atomic E-state index is 6.20. The molecular weight excluding hydrogens is 220 g/mol. The van der Waals surface area contributed by atoms with Crippen molar-refractivity contribution < 1.29 is 0 Å². The Morgan fingerprint density at radius 3 is 2.69 bits per heavy atom. The molecule has 0 heterocycles. The van der Waals surface area contributed by atoms with E-state index in [-0.39, 0.29) is 0 Å². The molecular formula is C13H21ClN2. The number of unbranched alkanes of at least 4 members (excludes halogenated alkanes) is 1. The van der Waals surface area contributed by atoms with Crippen LogP contribution >= 0.6 is 11.6 Å². The summed E-state index contributed by atoms with van der Waals surface area (Å²) >= 11 is 6.20. The van der Waals surface area contributed by atoms with Crippen molar-refractivity contribution in [2.24, 2.45) is 5.73 Å². The van der Waals surface area contributed by atoms with Crippen molar-refractivity contribution in [2.45, 2.75) is 32.9 Å². The Bertz CT molecular complexity index is 326. The molecule has 0 amide bonds. The quantitative estimate of drug-likeness (QED) is 0.828. The summed E-state index contributed by atoms with van der Waals surface area (Å²) in [7, 11) is 2.13. The Morgan fingerprint density at radius 2 is 2.12 bits per heavy atom. The second-order valence-corrected chi connectivity index (χ2v) is 4.63. The summed E-state index contributed by atoms with van der Waals surface area (Å²) < 4.78 is 0. The smallest absolute Gasteiger partial charge is 0.0454 e. The SMILES string of the molecule is CCCCN(C)Cc1ccc(CN)cc1Cl. The lowest BCUT2D eigenvalue weighted by atomic mass is 10.1. The van der Waals surface area contributed by atoms with Crippen LogP contribution in [0.25, 0.3) is 0 Å². The summed E-state index contributed by atoms with van der Waals surface area (Å²) in [6.07, 6.45) is 2.46. The van der Waals surface area contributed by atoms with Gasteiger partial charge in [0, 0.05) is 18.1 Å². The highest BCUT2D eigenvalue weighted by molar-refractivity contribution is 6.31. The van der Waals surface area contributed by atoms with Gasteiger partial charge in [0.1, 0.15) is 0 Å². The molecule has 0 fully saturated rings. The Kier molecular flexibility index (Phi) is 5.81. The monoisotopic (exact) mass is 240 g/mol. The Balaban J connectivity index is 2.59. The predicted octanol–water partition coefficient (Wildman–Crippen LogP) is 3.03. The third-order valence-electron chi connectivity index (χ3n) is 2.69. The second-order valence-electron chi connectivity index (χ2n) is 4.22. The minimum Gasteiger partial charge on any atom is -0.326 e. The zero-order chi connectivity index (χ0) is 12.0. The van der Waals surface area contributed by atoms with Crippen molar-refractivity contribution in [3.8, 4) is 0 Å². The molecule has 2 N–H and O–H groups in total. The van der Waals surface area contributed by atoms with Gasteiger partial charge in [0.25, 0.3) is 0 Å². The van der Waals surface area contributed by atoms with Gasteiger partial charge in [-0.1, -0.05) is 37.1 Å². The number of hydrogen-bond acceptors (Lipinski definition) is 2. The number of rotatable bonds is 6. The first-order valence-corrected chi connectivity index (χ1v) is 6.21. The zero-order valence-corrected chi connectivity index (χ0v) is 10.9. The van der Waals surface area contributed by atoms with E-state index in [0.717, 1.165) is 23.7 Å². The lowest BCUT2D eigenvalue weighted by molar-refractivity contribution is 0.321. The molecule has 0 bridgehead atoms. The Hall–Kier alpha value is -0.570. The fourth-order valence-corrected chi connectivity index (χ4v) is 1.91. The molecule has 0 radical (unpaired) electrons. The predicted molar refractivity (Wildman–Crippen MR) is 70.6 cm³/mol. The van der Waals surface area contributed by atoms with Gasteiger partial charge in [0.15, 0.2) is 0 Å². The Morgan fingerprint density at radius 1 is 1.38 bits per heavy atom. The number of nitrogens with two attached hydrogens (primary N) is 1. The molecule has 0 aliphatic rings. The van der Waals surface area contributed by atoms with Crippen LogP contribution in [0.3, 0.4) is 0 Å². The lowest BCUT2D eigenvalue weighted by Crippen LogP contribution is -2.19. The second kappa shape index (κ2) is 6.89. The van der Waals surface area contributed by atoms with Crippen LogP contribution in [0.2, 0.25) is 5.02 Å². The molecule has 1 rings (SSSR count). The average molecular weight is 241 g/mol. The van der Waals surface area contributed by atoms with Gasteiger partial charge in [0.05, 0.1) is 0 Å². The molecule has 1 aromatic rings. The van der Waals surface area contributed by atoms with Crippen molar-refractivity contribution >= 4 is 11.6 Å². The molecule has 0 aliphatic heterocycles. The van der Waals surface area contributed by atoms with Crippen LogP contribution in [-0.4, -0.2) is 18.5 Å². The van der Waals surface area contributed by atoms with E-state index in [4.69, 9.17) is 17.3 Å². The highest BCUT2D eigenvalue weighted by Gasteiger charge is 2.04.